The molecule has 2 saturated heterocycles. The monoisotopic (exact) mass is 644 g/mol. The molecule has 2 fully saturated rings. The summed E-state index contributed by atoms with van der Waals surface area (Å²) in [5.41, 5.74) is 1.83. The lowest BCUT2D eigenvalue weighted by Crippen LogP contribution is -2.49. The fraction of sp³-hybridized carbons (Fsp3) is 0.424. The Hall–Kier alpha value is -2.62. The topological polar surface area (TPSA) is 76.2 Å². The molecule has 3 aromatic carbocycles. The normalized spacial score (nSPS) is 18.3. The lowest BCUT2D eigenvalue weighted by Gasteiger charge is -2.39. The third kappa shape index (κ3) is 8.31. The van der Waals surface area contributed by atoms with Crippen molar-refractivity contribution in [3.05, 3.63) is 94.0 Å². The molecule has 0 aromatic heterocycles. The van der Waals surface area contributed by atoms with Gasteiger partial charge in [-0.25, -0.2) is 4.79 Å². The molecule has 2 heterocycles. The molecule has 0 spiro atoms. The molecule has 0 N–H and O–H groups in total. The van der Waals surface area contributed by atoms with Gasteiger partial charge in [0.25, 0.3) is 0 Å². The SMILES string of the molecule is Cc1c(OC2CCN(CC3CCN([C@@H](Cc4ccccc4)C(=O)OS(=O)(=O)c4ccccc4)CC3)CC2)ccc(Cl)c1Cl. The molecule has 0 radical (unpaired) electrons. The lowest BCUT2D eigenvalue weighted by molar-refractivity contribution is -0.140. The van der Waals surface area contributed by atoms with E-state index in [0.29, 0.717) is 35.5 Å². The Morgan fingerprint density at radius 2 is 1.51 bits per heavy atom. The van der Waals surface area contributed by atoms with E-state index >= 15 is 0 Å². The summed E-state index contributed by atoms with van der Waals surface area (Å²) in [7, 11) is -4.20. The Morgan fingerprint density at radius 1 is 0.884 bits per heavy atom. The summed E-state index contributed by atoms with van der Waals surface area (Å²) >= 11 is 12.4. The van der Waals surface area contributed by atoms with Crippen molar-refractivity contribution in [2.75, 3.05) is 32.7 Å². The molecule has 0 saturated carbocycles. The van der Waals surface area contributed by atoms with Gasteiger partial charge >= 0.3 is 16.1 Å². The van der Waals surface area contributed by atoms with Crippen LogP contribution in [0, 0.1) is 12.8 Å². The van der Waals surface area contributed by atoms with Crippen molar-refractivity contribution in [2.24, 2.45) is 5.92 Å². The van der Waals surface area contributed by atoms with E-state index in [4.69, 9.17) is 32.1 Å². The number of piperidine rings is 2. The van der Waals surface area contributed by atoms with Gasteiger partial charge in [0.2, 0.25) is 0 Å². The van der Waals surface area contributed by atoms with Crippen LogP contribution in [0.5, 0.6) is 5.75 Å². The van der Waals surface area contributed by atoms with Crippen LogP contribution in [-0.4, -0.2) is 69.1 Å². The summed E-state index contributed by atoms with van der Waals surface area (Å²) in [6.07, 6.45) is 4.29. The zero-order valence-electron chi connectivity index (χ0n) is 24.3. The quantitative estimate of drug-likeness (QED) is 0.236. The summed E-state index contributed by atoms with van der Waals surface area (Å²) in [5, 5.41) is 1.08. The molecule has 1 atom stereocenters. The Morgan fingerprint density at radius 3 is 2.16 bits per heavy atom. The minimum Gasteiger partial charge on any atom is -0.490 e. The van der Waals surface area contributed by atoms with E-state index in [9.17, 15) is 13.2 Å². The van der Waals surface area contributed by atoms with Gasteiger partial charge in [-0.1, -0.05) is 71.7 Å². The summed E-state index contributed by atoms with van der Waals surface area (Å²) in [5.74, 6) is 0.568. The van der Waals surface area contributed by atoms with E-state index in [0.717, 1.165) is 62.2 Å². The number of halogens is 2. The van der Waals surface area contributed by atoms with Crippen molar-refractivity contribution in [1.29, 1.82) is 0 Å². The van der Waals surface area contributed by atoms with Crippen LogP contribution in [0.1, 0.15) is 36.8 Å². The number of likely N-dealkylation sites (tertiary alicyclic amines) is 2. The van der Waals surface area contributed by atoms with Crippen molar-refractivity contribution >= 4 is 39.3 Å². The Labute approximate surface area is 264 Å². The maximum absolute atomic E-state index is 13.4. The predicted octanol–water partition coefficient (Wildman–Crippen LogP) is 6.40. The van der Waals surface area contributed by atoms with Crippen LogP contribution in [0.4, 0.5) is 0 Å². The Kier molecular flexibility index (Phi) is 10.7. The number of hydrogen-bond donors (Lipinski definition) is 0. The number of rotatable bonds is 10. The van der Waals surface area contributed by atoms with Gasteiger partial charge in [-0.3, -0.25) is 4.90 Å². The molecule has 5 rings (SSSR count). The van der Waals surface area contributed by atoms with Crippen LogP contribution >= 0.6 is 23.2 Å². The molecule has 0 aliphatic carbocycles. The van der Waals surface area contributed by atoms with Crippen molar-refractivity contribution in [3.8, 4) is 5.75 Å². The van der Waals surface area contributed by atoms with Crippen LogP contribution in [0.25, 0.3) is 0 Å². The molecule has 3 aromatic rings. The van der Waals surface area contributed by atoms with Crippen LogP contribution in [0.2, 0.25) is 10.0 Å². The van der Waals surface area contributed by atoms with Gasteiger partial charge < -0.3 is 13.8 Å². The van der Waals surface area contributed by atoms with Crippen LogP contribution in [0.3, 0.4) is 0 Å². The van der Waals surface area contributed by atoms with E-state index in [2.05, 4.69) is 9.80 Å². The standard InChI is InChI=1S/C33H38Cl2N2O5S/c1-24-31(13-12-29(34)32(24)35)41-27-16-18-36(19-17-27)23-26-14-20-37(21-15-26)30(22-25-8-4-2-5-9-25)33(38)42-43(39,40)28-10-6-3-7-11-28/h2-13,26-27,30H,14-23H2,1H3/t30-/m0/s1. The summed E-state index contributed by atoms with van der Waals surface area (Å²) in [6.45, 7) is 6.27. The summed E-state index contributed by atoms with van der Waals surface area (Å²) in [4.78, 5) is 17.9. The summed E-state index contributed by atoms with van der Waals surface area (Å²) in [6, 6.07) is 20.5. The summed E-state index contributed by atoms with van der Waals surface area (Å²) < 4.78 is 37.1. The van der Waals surface area contributed by atoms with Gasteiger partial charge in [0.05, 0.1) is 10.0 Å². The Bertz CT molecular complexity index is 1470. The van der Waals surface area contributed by atoms with E-state index in [1.165, 1.54) is 12.1 Å². The molecule has 43 heavy (non-hydrogen) atoms. The van der Waals surface area contributed by atoms with E-state index in [1.54, 1.807) is 24.3 Å². The van der Waals surface area contributed by atoms with Crippen LogP contribution in [0.15, 0.2) is 77.7 Å². The molecule has 7 nitrogen and oxygen atoms in total. The van der Waals surface area contributed by atoms with E-state index in [-0.39, 0.29) is 11.0 Å². The van der Waals surface area contributed by atoms with Gasteiger partial charge in [-0.2, -0.15) is 8.42 Å². The second-order valence-corrected chi connectivity index (χ2v) is 13.8. The first-order chi connectivity index (χ1) is 20.7. The average Bonchev–Trinajstić information content (AvgIpc) is 3.02. The number of ether oxygens (including phenoxy) is 1. The minimum atomic E-state index is -4.20. The molecule has 0 amide bonds. The molecule has 10 heteroatoms. The highest BCUT2D eigenvalue weighted by molar-refractivity contribution is 7.87. The zero-order valence-corrected chi connectivity index (χ0v) is 26.7. The zero-order chi connectivity index (χ0) is 30.4. The average molecular weight is 646 g/mol. The predicted molar refractivity (Wildman–Crippen MR) is 169 cm³/mol. The fourth-order valence-electron chi connectivity index (χ4n) is 5.96. The molecule has 230 valence electrons. The highest BCUT2D eigenvalue weighted by Crippen LogP contribution is 2.34. The van der Waals surface area contributed by atoms with Crippen molar-refractivity contribution in [1.82, 2.24) is 9.80 Å². The highest BCUT2D eigenvalue weighted by atomic mass is 35.5. The lowest BCUT2D eigenvalue weighted by atomic mass is 9.93. The number of carbonyl (C=O) groups is 1. The molecule has 0 unspecified atom stereocenters. The number of nitrogens with zero attached hydrogens (tertiary/aromatic N) is 2. The van der Waals surface area contributed by atoms with E-state index in [1.807, 2.05) is 43.3 Å². The van der Waals surface area contributed by atoms with Crippen LogP contribution < -0.4 is 4.74 Å². The first-order valence-electron chi connectivity index (χ1n) is 14.8. The number of benzene rings is 3. The van der Waals surface area contributed by atoms with Crippen LogP contribution in [-0.2, 0) is 25.5 Å². The highest BCUT2D eigenvalue weighted by Gasteiger charge is 2.35. The fourth-order valence-corrected chi connectivity index (χ4v) is 7.24. The maximum atomic E-state index is 13.4. The van der Waals surface area contributed by atoms with Gasteiger partial charge in [0, 0.05) is 25.2 Å². The third-order valence-electron chi connectivity index (χ3n) is 8.49. The van der Waals surface area contributed by atoms with Gasteiger partial charge in [0.15, 0.2) is 0 Å². The van der Waals surface area contributed by atoms with Gasteiger partial charge in [-0.05, 0) is 87.9 Å². The number of hydrogen-bond acceptors (Lipinski definition) is 7. The second kappa shape index (κ2) is 14.4. The first-order valence-corrected chi connectivity index (χ1v) is 17.0. The maximum Gasteiger partial charge on any atom is 0.341 e. The largest absolute Gasteiger partial charge is 0.490 e. The number of carbonyl (C=O) groups excluding carboxylic acids is 1. The van der Waals surface area contributed by atoms with Gasteiger partial charge in [0.1, 0.15) is 22.8 Å². The molecule has 2 aliphatic rings. The third-order valence-corrected chi connectivity index (χ3v) is 10.6. The van der Waals surface area contributed by atoms with Crippen molar-refractivity contribution in [2.45, 2.75) is 56.1 Å². The molecular weight excluding hydrogens is 607 g/mol. The van der Waals surface area contributed by atoms with E-state index < -0.39 is 22.1 Å². The first kappa shape index (κ1) is 31.8. The minimum absolute atomic E-state index is 0.0261. The van der Waals surface area contributed by atoms with Gasteiger partial charge in [-0.15, -0.1) is 0 Å². The molecular formula is C33H38Cl2N2O5S. The Balaban J connectivity index is 1.14. The van der Waals surface area contributed by atoms with Crippen molar-refractivity contribution in [3.63, 3.8) is 0 Å². The molecule has 2 aliphatic heterocycles. The second-order valence-electron chi connectivity index (χ2n) is 11.5. The smallest absolute Gasteiger partial charge is 0.341 e. The van der Waals surface area contributed by atoms with Crippen molar-refractivity contribution < 1.29 is 22.1 Å². The molecule has 0 bridgehead atoms.